The molecule has 3 nitrogen and oxygen atoms in total. The maximum atomic E-state index is 6.34. The van der Waals surface area contributed by atoms with Gasteiger partial charge in [-0.25, -0.2) is 0 Å². The van der Waals surface area contributed by atoms with E-state index in [2.05, 4.69) is 42.2 Å². The Hall–Kier alpha value is -2.49. The highest BCUT2D eigenvalue weighted by Gasteiger charge is 2.26. The number of likely N-dealkylation sites (tertiary alicyclic amines) is 1. The Bertz CT molecular complexity index is 1110. The van der Waals surface area contributed by atoms with Crippen molar-refractivity contribution >= 4 is 17.2 Å². The smallest absolute Gasteiger partial charge is 0.104 e. The second-order valence-electron chi connectivity index (χ2n) is 8.59. The molecule has 1 aromatic carbocycles. The van der Waals surface area contributed by atoms with Gasteiger partial charge in [-0.2, -0.15) is 0 Å². The van der Waals surface area contributed by atoms with E-state index in [1.807, 2.05) is 24.7 Å². The summed E-state index contributed by atoms with van der Waals surface area (Å²) in [5.74, 6) is 0. The Balaban J connectivity index is 1.47. The molecular weight excluding hydrogens is 390 g/mol. The number of aryl methyl sites for hydroxylation is 3. The second-order valence-corrected chi connectivity index (χ2v) is 9.02. The maximum Gasteiger partial charge on any atom is 0.104 e. The van der Waals surface area contributed by atoms with E-state index in [4.69, 9.17) is 16.6 Å². The van der Waals surface area contributed by atoms with Gasteiger partial charge in [0, 0.05) is 47.6 Å². The molecule has 1 aliphatic heterocycles. The Labute approximate surface area is 183 Å². The van der Waals surface area contributed by atoms with Gasteiger partial charge in [0.15, 0.2) is 0 Å². The number of nitrogens with one attached hydrogen (secondary N) is 1. The topological polar surface area (TPSA) is 30.2 Å². The molecule has 0 atom stereocenters. The third-order valence-electron chi connectivity index (χ3n) is 6.43. The fourth-order valence-corrected chi connectivity index (χ4v) is 5.16. The van der Waals surface area contributed by atoms with Gasteiger partial charge in [-0.15, -0.1) is 0 Å². The molecule has 0 bridgehead atoms. The van der Waals surface area contributed by atoms with Gasteiger partial charge in [-0.3, -0.25) is 9.97 Å². The Morgan fingerprint density at radius 1 is 0.967 bits per heavy atom. The minimum atomic E-state index is 0.822. The molecule has 1 aliphatic carbocycles. The molecule has 5 rings (SSSR count). The van der Waals surface area contributed by atoms with Gasteiger partial charge in [0.25, 0.3) is 0 Å². The summed E-state index contributed by atoms with van der Waals surface area (Å²) < 4.78 is 0. The van der Waals surface area contributed by atoms with E-state index in [-0.39, 0.29) is 0 Å². The van der Waals surface area contributed by atoms with Gasteiger partial charge in [0.1, 0.15) is 6.54 Å². The van der Waals surface area contributed by atoms with Crippen LogP contribution in [0.5, 0.6) is 0 Å². The van der Waals surface area contributed by atoms with E-state index in [0.29, 0.717) is 0 Å². The molecule has 2 aromatic heterocycles. The molecule has 2 aliphatic rings. The molecular formula is C26H27ClN3+. The number of benzene rings is 1. The molecule has 30 heavy (non-hydrogen) atoms. The molecule has 1 N–H and O–H groups in total. The van der Waals surface area contributed by atoms with E-state index < -0.39 is 0 Å². The zero-order valence-corrected chi connectivity index (χ0v) is 18.2. The first-order valence-electron chi connectivity index (χ1n) is 10.9. The van der Waals surface area contributed by atoms with Crippen molar-refractivity contribution in [3.63, 3.8) is 0 Å². The van der Waals surface area contributed by atoms with E-state index >= 15 is 0 Å². The lowest BCUT2D eigenvalue weighted by Gasteiger charge is -2.28. The second kappa shape index (κ2) is 8.33. The van der Waals surface area contributed by atoms with Crippen molar-refractivity contribution in [1.29, 1.82) is 0 Å². The molecule has 0 unspecified atom stereocenters. The first-order valence-corrected chi connectivity index (χ1v) is 11.2. The quantitative estimate of drug-likeness (QED) is 0.678. The molecule has 0 amide bonds. The minimum Gasteiger partial charge on any atom is -0.331 e. The van der Waals surface area contributed by atoms with Crippen LogP contribution < -0.4 is 4.90 Å². The van der Waals surface area contributed by atoms with E-state index in [1.54, 1.807) is 10.5 Å². The van der Waals surface area contributed by atoms with Gasteiger partial charge >= 0.3 is 0 Å². The molecule has 0 radical (unpaired) electrons. The van der Waals surface area contributed by atoms with Gasteiger partial charge in [0.2, 0.25) is 0 Å². The third kappa shape index (κ3) is 3.92. The summed E-state index contributed by atoms with van der Waals surface area (Å²) >= 11 is 6.34. The van der Waals surface area contributed by atoms with Crippen molar-refractivity contribution in [2.75, 3.05) is 13.1 Å². The Morgan fingerprint density at radius 3 is 2.63 bits per heavy atom. The van der Waals surface area contributed by atoms with Crippen molar-refractivity contribution in [2.45, 2.75) is 39.2 Å². The van der Waals surface area contributed by atoms with E-state index in [9.17, 15) is 0 Å². The number of rotatable bonds is 2. The summed E-state index contributed by atoms with van der Waals surface area (Å²) in [4.78, 5) is 10.8. The van der Waals surface area contributed by atoms with E-state index in [0.717, 1.165) is 50.3 Å². The van der Waals surface area contributed by atoms with Crippen molar-refractivity contribution in [3.8, 4) is 0 Å². The summed E-state index contributed by atoms with van der Waals surface area (Å²) in [6.45, 7) is 5.47. The summed E-state index contributed by atoms with van der Waals surface area (Å²) in [7, 11) is 0. The van der Waals surface area contributed by atoms with Gasteiger partial charge < -0.3 is 4.90 Å². The number of fused-ring (bicyclic) bond motifs is 2. The van der Waals surface area contributed by atoms with Gasteiger partial charge in [-0.05, 0) is 71.9 Å². The number of hydrogen-bond donors (Lipinski definition) is 1. The highest BCUT2D eigenvalue weighted by molar-refractivity contribution is 6.30. The lowest BCUT2D eigenvalue weighted by molar-refractivity contribution is -0.916. The maximum absolute atomic E-state index is 6.34. The number of hydrogen-bond acceptors (Lipinski definition) is 2. The predicted octanol–water partition coefficient (Wildman–Crippen LogP) is 4.22. The molecule has 1 fully saturated rings. The standard InChI is InChI=1S/C26H26ClN3/c1-18-13-19(16-28-15-18)17-30-11-8-20(9-12-30)25-24-7-6-23(27)14-22(24)5-4-21-3-2-10-29-26(21)25/h2-3,6-7,10,13-16H,4-5,8-9,11-12,17H2,1H3/p+1. The number of halogens is 1. The third-order valence-corrected chi connectivity index (χ3v) is 6.66. The fourth-order valence-electron chi connectivity index (χ4n) is 4.97. The Kier molecular flexibility index (Phi) is 5.41. The van der Waals surface area contributed by atoms with Gasteiger partial charge in [-0.1, -0.05) is 23.7 Å². The highest BCUT2D eigenvalue weighted by Crippen LogP contribution is 2.37. The van der Waals surface area contributed by atoms with Gasteiger partial charge in [0.05, 0.1) is 18.8 Å². The van der Waals surface area contributed by atoms with Crippen LogP contribution in [-0.2, 0) is 19.4 Å². The van der Waals surface area contributed by atoms with Crippen LogP contribution in [0.3, 0.4) is 0 Å². The van der Waals surface area contributed by atoms with Crippen LogP contribution >= 0.6 is 11.6 Å². The average Bonchev–Trinajstić information content (AvgIpc) is 2.91. The molecule has 4 heteroatoms. The SMILES string of the molecule is Cc1cncc(C[NH+]2CCC(=C3c4ccc(Cl)cc4CCc4cccnc43)CC2)c1. The number of pyridine rings is 2. The van der Waals surface area contributed by atoms with Crippen molar-refractivity contribution in [3.05, 3.63) is 99.1 Å². The highest BCUT2D eigenvalue weighted by atomic mass is 35.5. The minimum absolute atomic E-state index is 0.822. The zero-order valence-electron chi connectivity index (χ0n) is 17.4. The molecule has 3 heterocycles. The van der Waals surface area contributed by atoms with Crippen molar-refractivity contribution in [2.24, 2.45) is 0 Å². The van der Waals surface area contributed by atoms with Crippen LogP contribution in [-0.4, -0.2) is 23.1 Å². The molecule has 1 saturated heterocycles. The predicted molar refractivity (Wildman–Crippen MR) is 122 cm³/mol. The number of nitrogens with zero attached hydrogens (tertiary/aromatic N) is 2. The molecule has 0 spiro atoms. The fraction of sp³-hybridized carbons (Fsp3) is 0.308. The largest absolute Gasteiger partial charge is 0.331 e. The van der Waals surface area contributed by atoms with Crippen molar-refractivity contribution < 1.29 is 4.90 Å². The Morgan fingerprint density at radius 2 is 1.80 bits per heavy atom. The first kappa shape index (κ1) is 19.5. The number of aromatic nitrogens is 2. The summed E-state index contributed by atoms with van der Waals surface area (Å²) in [5.41, 5.74) is 10.7. The van der Waals surface area contributed by atoms with Crippen LogP contribution in [0.15, 0.2) is 60.6 Å². The van der Waals surface area contributed by atoms with Crippen LogP contribution in [0.2, 0.25) is 5.02 Å². The summed E-state index contributed by atoms with van der Waals surface area (Å²) in [6.07, 6.45) is 10.1. The number of quaternary nitrogens is 1. The lowest BCUT2D eigenvalue weighted by Crippen LogP contribution is -3.11. The molecule has 3 aromatic rings. The van der Waals surface area contributed by atoms with E-state index in [1.165, 1.54) is 39.1 Å². The van der Waals surface area contributed by atoms with Crippen molar-refractivity contribution in [1.82, 2.24) is 9.97 Å². The normalized spacial score (nSPS) is 18.5. The van der Waals surface area contributed by atoms with Crippen LogP contribution in [0.1, 0.15) is 46.4 Å². The summed E-state index contributed by atoms with van der Waals surface area (Å²) in [6, 6.07) is 12.9. The first-order chi connectivity index (χ1) is 14.7. The molecule has 0 saturated carbocycles. The average molecular weight is 417 g/mol. The monoisotopic (exact) mass is 416 g/mol. The summed E-state index contributed by atoms with van der Waals surface area (Å²) in [5, 5.41) is 0.822. The molecule has 152 valence electrons. The number of piperidine rings is 1. The lowest BCUT2D eigenvalue weighted by atomic mass is 9.88. The van der Waals surface area contributed by atoms with Crippen LogP contribution in [0.4, 0.5) is 0 Å². The van der Waals surface area contributed by atoms with Crippen LogP contribution in [0.25, 0.3) is 5.57 Å². The van der Waals surface area contributed by atoms with Crippen LogP contribution in [0, 0.1) is 6.92 Å². The zero-order chi connectivity index (χ0) is 20.5.